The summed E-state index contributed by atoms with van der Waals surface area (Å²) in [6.45, 7) is 1.24. The molecule has 1 aliphatic carbocycles. The summed E-state index contributed by atoms with van der Waals surface area (Å²) >= 11 is 0. The molecule has 0 bridgehead atoms. The number of amides is 3. The Bertz CT molecular complexity index is 1700. The fraction of sp³-hybridized carbons (Fsp3) is 0.371. The van der Waals surface area contributed by atoms with Crippen LogP contribution >= 0.6 is 0 Å². The Balaban J connectivity index is 1.23. The van der Waals surface area contributed by atoms with Gasteiger partial charge in [-0.05, 0) is 58.7 Å². The van der Waals surface area contributed by atoms with E-state index in [1.54, 1.807) is 0 Å². The van der Waals surface area contributed by atoms with E-state index < -0.39 is 54.2 Å². The molecule has 0 spiro atoms. The summed E-state index contributed by atoms with van der Waals surface area (Å²) < 4.78 is 46.3. The van der Waals surface area contributed by atoms with Crippen molar-refractivity contribution in [3.63, 3.8) is 0 Å². The molecule has 9 nitrogen and oxygen atoms in total. The molecule has 2 heterocycles. The first kappa shape index (κ1) is 32.1. The molecular weight excluding hydrogens is 615 g/mol. The van der Waals surface area contributed by atoms with E-state index in [0.717, 1.165) is 39.3 Å². The number of anilines is 1. The maximum Gasteiger partial charge on any atom is 0.416 e. The zero-order chi connectivity index (χ0) is 33.6. The lowest BCUT2D eigenvalue weighted by Gasteiger charge is -2.40. The third-order valence-electron chi connectivity index (χ3n) is 9.44. The minimum Gasteiger partial charge on any atom is -0.480 e. The second-order valence-corrected chi connectivity index (χ2v) is 12.5. The van der Waals surface area contributed by atoms with E-state index in [0.29, 0.717) is 18.4 Å². The standard InChI is InChI=1S/C35H34F3N3O6/c1-20-11-14-28(39(2)34(46)47-19-27-25-9-5-3-7-23(25)24-8-4-6-10-26(24)27)32(44)40(17-20)30-15-21-12-13-22(35(36,37)38)16-29(21)41(33(30)45)18-31(42)43/h3-10,12-13,16,20,27-28,30H,11,14-15,17-19H2,1-2H3,(H,42,43)/t20-,28+,30+/m1/s1. The number of halogens is 3. The van der Waals surface area contributed by atoms with Crippen LogP contribution in [0.2, 0.25) is 0 Å². The van der Waals surface area contributed by atoms with E-state index in [2.05, 4.69) is 0 Å². The van der Waals surface area contributed by atoms with Gasteiger partial charge >= 0.3 is 18.2 Å². The predicted molar refractivity (Wildman–Crippen MR) is 166 cm³/mol. The van der Waals surface area contributed by atoms with Crippen molar-refractivity contribution in [2.75, 3.05) is 31.6 Å². The highest BCUT2D eigenvalue weighted by Crippen LogP contribution is 2.44. The maximum atomic E-state index is 14.1. The van der Waals surface area contributed by atoms with Crippen LogP contribution in [0.25, 0.3) is 11.1 Å². The molecule has 1 N–H and O–H groups in total. The molecule has 3 aromatic carbocycles. The smallest absolute Gasteiger partial charge is 0.416 e. The number of carbonyl (C=O) groups excluding carboxylic acids is 3. The van der Waals surface area contributed by atoms with Crippen LogP contribution < -0.4 is 4.90 Å². The average Bonchev–Trinajstić information content (AvgIpc) is 3.27. The van der Waals surface area contributed by atoms with Crippen molar-refractivity contribution in [3.8, 4) is 11.1 Å². The number of carbonyl (C=O) groups is 4. The zero-order valence-corrected chi connectivity index (χ0v) is 25.9. The van der Waals surface area contributed by atoms with Gasteiger partial charge in [-0.1, -0.05) is 61.5 Å². The van der Waals surface area contributed by atoms with Gasteiger partial charge in [0.1, 0.15) is 25.2 Å². The van der Waals surface area contributed by atoms with Crippen LogP contribution in [-0.2, 0) is 31.7 Å². The molecule has 0 unspecified atom stereocenters. The van der Waals surface area contributed by atoms with Crippen molar-refractivity contribution in [1.82, 2.24) is 9.80 Å². The van der Waals surface area contributed by atoms with E-state index in [9.17, 15) is 37.5 Å². The van der Waals surface area contributed by atoms with Gasteiger partial charge in [-0.3, -0.25) is 24.2 Å². The Hall–Kier alpha value is -4.87. The number of nitrogens with zero attached hydrogens (tertiary/aromatic N) is 3. The first-order valence-electron chi connectivity index (χ1n) is 15.5. The summed E-state index contributed by atoms with van der Waals surface area (Å²) in [6.07, 6.45) is -4.63. The van der Waals surface area contributed by atoms with Gasteiger partial charge < -0.3 is 14.7 Å². The largest absolute Gasteiger partial charge is 0.480 e. The summed E-state index contributed by atoms with van der Waals surface area (Å²) in [5.74, 6) is -2.96. The number of aliphatic carboxylic acids is 1. The SMILES string of the molecule is C[C@@H]1CC[C@H](N(C)C(=O)OCC2c3ccccc3-c3ccccc32)C(=O)N([C@H]2Cc3ccc(C(F)(F)F)cc3N(CC(=O)O)C2=O)C1. The maximum absolute atomic E-state index is 14.1. The van der Waals surface area contributed by atoms with E-state index in [1.807, 2.05) is 55.5 Å². The minimum atomic E-state index is -4.70. The summed E-state index contributed by atoms with van der Waals surface area (Å²) in [5.41, 5.74) is 3.39. The number of likely N-dealkylation sites (tertiary alicyclic amines) is 1. The molecule has 246 valence electrons. The number of benzene rings is 3. The van der Waals surface area contributed by atoms with Gasteiger partial charge in [0.15, 0.2) is 0 Å². The van der Waals surface area contributed by atoms with E-state index in [-0.39, 0.29) is 37.1 Å². The highest BCUT2D eigenvalue weighted by atomic mass is 19.4. The second kappa shape index (κ2) is 12.4. The first-order valence-corrected chi connectivity index (χ1v) is 15.5. The van der Waals surface area contributed by atoms with Crippen LogP contribution in [0, 0.1) is 5.92 Å². The van der Waals surface area contributed by atoms with Crippen molar-refractivity contribution >= 4 is 29.6 Å². The molecular formula is C35H34F3N3O6. The number of rotatable bonds is 6. The molecule has 2 aliphatic heterocycles. The van der Waals surface area contributed by atoms with Crippen LogP contribution in [-0.4, -0.2) is 77.6 Å². The number of likely N-dealkylation sites (N-methyl/N-ethyl adjacent to an activating group) is 1. The third-order valence-corrected chi connectivity index (χ3v) is 9.44. The van der Waals surface area contributed by atoms with Gasteiger partial charge in [0.2, 0.25) is 5.91 Å². The first-order chi connectivity index (χ1) is 22.3. The summed E-state index contributed by atoms with van der Waals surface area (Å²) in [5, 5.41) is 9.53. The molecule has 47 heavy (non-hydrogen) atoms. The van der Waals surface area contributed by atoms with Crippen molar-refractivity contribution < 1.29 is 42.2 Å². The molecule has 3 aliphatic rings. The lowest BCUT2D eigenvalue weighted by Crippen LogP contribution is -2.59. The summed E-state index contributed by atoms with van der Waals surface area (Å²) in [6, 6.07) is 16.6. The predicted octanol–water partition coefficient (Wildman–Crippen LogP) is 5.56. The topological polar surface area (TPSA) is 107 Å². The normalized spacial score (nSPS) is 21.1. The van der Waals surface area contributed by atoms with Crippen LogP contribution in [0.4, 0.5) is 23.7 Å². The Kier molecular flexibility index (Phi) is 8.46. The van der Waals surface area contributed by atoms with Crippen molar-refractivity contribution in [3.05, 3.63) is 89.0 Å². The van der Waals surface area contributed by atoms with E-state index in [4.69, 9.17) is 4.74 Å². The average molecular weight is 650 g/mol. The van der Waals surface area contributed by atoms with Crippen molar-refractivity contribution in [1.29, 1.82) is 0 Å². The van der Waals surface area contributed by atoms with E-state index in [1.165, 1.54) is 22.9 Å². The number of carboxylic acids is 1. The van der Waals surface area contributed by atoms with E-state index >= 15 is 0 Å². The Morgan fingerprint density at radius 2 is 1.60 bits per heavy atom. The molecule has 0 aromatic heterocycles. The van der Waals surface area contributed by atoms with Crippen molar-refractivity contribution in [2.45, 2.75) is 50.4 Å². The number of alkyl halides is 3. The van der Waals surface area contributed by atoms with Gasteiger partial charge in [0, 0.05) is 31.6 Å². The fourth-order valence-corrected chi connectivity index (χ4v) is 7.04. The lowest BCUT2D eigenvalue weighted by atomic mass is 9.93. The van der Waals surface area contributed by atoms with Crippen molar-refractivity contribution in [2.24, 2.45) is 5.92 Å². The molecule has 1 fully saturated rings. The fourth-order valence-electron chi connectivity index (χ4n) is 7.04. The number of hydrogen-bond donors (Lipinski definition) is 1. The van der Waals surface area contributed by atoms with Crippen LogP contribution in [0.3, 0.4) is 0 Å². The zero-order valence-electron chi connectivity index (χ0n) is 25.9. The Morgan fingerprint density at radius 1 is 0.957 bits per heavy atom. The monoisotopic (exact) mass is 649 g/mol. The van der Waals surface area contributed by atoms with Gasteiger partial charge in [0.05, 0.1) is 5.56 Å². The van der Waals surface area contributed by atoms with Crippen LogP contribution in [0.15, 0.2) is 66.7 Å². The van der Waals surface area contributed by atoms with Gasteiger partial charge in [-0.25, -0.2) is 4.79 Å². The highest BCUT2D eigenvalue weighted by Gasteiger charge is 2.45. The van der Waals surface area contributed by atoms with Gasteiger partial charge in [-0.15, -0.1) is 0 Å². The second-order valence-electron chi connectivity index (χ2n) is 12.5. The Morgan fingerprint density at radius 3 is 2.21 bits per heavy atom. The Labute approximate surface area is 269 Å². The molecule has 3 amide bonds. The molecule has 0 saturated carbocycles. The molecule has 3 aromatic rings. The quantitative estimate of drug-likeness (QED) is 0.375. The number of fused-ring (bicyclic) bond motifs is 4. The molecule has 3 atom stereocenters. The van der Waals surface area contributed by atoms with Gasteiger partial charge in [0.25, 0.3) is 5.91 Å². The summed E-state index contributed by atoms with van der Waals surface area (Å²) in [4.78, 5) is 56.5. The van der Waals surface area contributed by atoms with Gasteiger partial charge in [-0.2, -0.15) is 13.2 Å². The number of carboxylic acid groups (broad SMARTS) is 1. The molecule has 1 saturated heterocycles. The molecule has 0 radical (unpaired) electrons. The number of hydrogen-bond acceptors (Lipinski definition) is 5. The minimum absolute atomic E-state index is 0.0557. The molecule has 6 rings (SSSR count). The van der Waals surface area contributed by atoms with Crippen LogP contribution in [0.1, 0.15) is 47.9 Å². The summed E-state index contributed by atoms with van der Waals surface area (Å²) in [7, 11) is 1.48. The lowest BCUT2D eigenvalue weighted by molar-refractivity contribution is -0.143. The number of ether oxygens (including phenoxy) is 1. The third kappa shape index (κ3) is 6.04. The van der Waals surface area contributed by atoms with Crippen LogP contribution in [0.5, 0.6) is 0 Å². The molecule has 12 heteroatoms. The highest BCUT2D eigenvalue weighted by molar-refractivity contribution is 6.05.